The highest BCUT2D eigenvalue weighted by molar-refractivity contribution is 8.00. The molecular weight excluding hydrogens is 194 g/mol. The zero-order valence-corrected chi connectivity index (χ0v) is 8.22. The van der Waals surface area contributed by atoms with E-state index in [1.54, 1.807) is 0 Å². The van der Waals surface area contributed by atoms with Gasteiger partial charge in [-0.05, 0) is 0 Å². The molecule has 0 aromatic carbocycles. The van der Waals surface area contributed by atoms with Crippen molar-refractivity contribution in [2.24, 2.45) is 0 Å². The zero-order chi connectivity index (χ0) is 9.84. The van der Waals surface area contributed by atoms with Gasteiger partial charge < -0.3 is 9.47 Å². The summed E-state index contributed by atoms with van der Waals surface area (Å²) in [7, 11) is 2.64. The van der Waals surface area contributed by atoms with Crippen molar-refractivity contribution in [3.8, 4) is 0 Å². The fourth-order valence-corrected chi connectivity index (χ4v) is 2.10. The Kier molecular flexibility index (Phi) is 3.56. The van der Waals surface area contributed by atoms with Gasteiger partial charge in [-0.25, -0.2) is 4.79 Å². The largest absolute Gasteiger partial charge is 0.468 e. The Morgan fingerprint density at radius 2 is 1.92 bits per heavy atom. The van der Waals surface area contributed by atoms with Crippen molar-refractivity contribution in [1.82, 2.24) is 5.32 Å². The molecule has 1 heterocycles. The van der Waals surface area contributed by atoms with Crippen LogP contribution in [0, 0.1) is 0 Å². The van der Waals surface area contributed by atoms with Crippen LogP contribution in [0.4, 0.5) is 0 Å². The smallest absolute Gasteiger partial charge is 0.333 e. The Morgan fingerprint density at radius 3 is 2.46 bits per heavy atom. The number of hydrogen-bond donors (Lipinski definition) is 1. The summed E-state index contributed by atoms with van der Waals surface area (Å²) in [4.78, 5) is 22.0. The number of rotatable bonds is 2. The number of methoxy groups -OCH3 is 2. The van der Waals surface area contributed by atoms with Gasteiger partial charge in [-0.2, -0.15) is 0 Å². The number of ether oxygens (including phenoxy) is 2. The summed E-state index contributed by atoms with van der Waals surface area (Å²) >= 11 is 1.34. The molecule has 0 unspecified atom stereocenters. The van der Waals surface area contributed by atoms with Crippen molar-refractivity contribution in [3.63, 3.8) is 0 Å². The molecule has 0 radical (unpaired) electrons. The summed E-state index contributed by atoms with van der Waals surface area (Å²) in [5.74, 6) is -0.179. The number of carbonyl (C=O) groups excluding carboxylic acids is 2. The molecule has 0 bridgehead atoms. The summed E-state index contributed by atoms with van der Waals surface area (Å²) in [5.41, 5.74) is 0. The van der Waals surface area contributed by atoms with Gasteiger partial charge in [0.25, 0.3) is 0 Å². The van der Waals surface area contributed by atoms with Crippen LogP contribution < -0.4 is 5.32 Å². The van der Waals surface area contributed by atoms with Crippen LogP contribution in [0.2, 0.25) is 0 Å². The van der Waals surface area contributed by atoms with Gasteiger partial charge >= 0.3 is 11.9 Å². The molecule has 0 saturated carbocycles. The molecule has 0 spiro atoms. The quantitative estimate of drug-likeness (QED) is 0.605. The molecule has 2 atom stereocenters. The van der Waals surface area contributed by atoms with Gasteiger partial charge in [0.15, 0.2) is 5.37 Å². The van der Waals surface area contributed by atoms with E-state index in [1.807, 2.05) is 0 Å². The van der Waals surface area contributed by atoms with Crippen LogP contribution in [-0.4, -0.2) is 43.3 Å². The van der Waals surface area contributed by atoms with Gasteiger partial charge in [-0.3, -0.25) is 10.1 Å². The third kappa shape index (κ3) is 2.35. The second-order valence-corrected chi connectivity index (χ2v) is 3.62. The molecule has 1 aliphatic heterocycles. The van der Waals surface area contributed by atoms with Crippen LogP contribution in [-0.2, 0) is 19.1 Å². The summed E-state index contributed by atoms with van der Waals surface area (Å²) in [6.07, 6.45) is 0. The highest BCUT2D eigenvalue weighted by Gasteiger charge is 2.34. The first-order valence-electron chi connectivity index (χ1n) is 3.72. The van der Waals surface area contributed by atoms with E-state index in [-0.39, 0.29) is 11.9 Å². The average Bonchev–Trinajstić information content (AvgIpc) is 2.64. The molecule has 0 aliphatic carbocycles. The van der Waals surface area contributed by atoms with Crippen LogP contribution in [0.25, 0.3) is 0 Å². The van der Waals surface area contributed by atoms with E-state index in [2.05, 4.69) is 14.8 Å². The van der Waals surface area contributed by atoms with Crippen LogP contribution in [0.15, 0.2) is 0 Å². The summed E-state index contributed by atoms with van der Waals surface area (Å²) in [6.45, 7) is 0. The molecule has 0 amide bonds. The number of hydrogen-bond acceptors (Lipinski definition) is 6. The van der Waals surface area contributed by atoms with Gasteiger partial charge in [0.2, 0.25) is 0 Å². The van der Waals surface area contributed by atoms with Crippen LogP contribution in [0.1, 0.15) is 0 Å². The number of carbonyl (C=O) groups is 2. The van der Waals surface area contributed by atoms with E-state index in [9.17, 15) is 9.59 Å². The minimum absolute atomic E-state index is 0.348. The Hall–Kier alpha value is -0.750. The molecule has 74 valence electrons. The Balaban J connectivity index is 2.44. The maximum absolute atomic E-state index is 11.0. The highest BCUT2D eigenvalue weighted by Crippen LogP contribution is 2.20. The predicted octanol–water partition coefficient (Wildman–Crippen LogP) is -0.637. The number of thioether (sulfide) groups is 1. The predicted molar refractivity (Wildman–Crippen MR) is 47.2 cm³/mol. The molecule has 0 aromatic heterocycles. The van der Waals surface area contributed by atoms with Crippen molar-refractivity contribution < 1.29 is 19.1 Å². The topological polar surface area (TPSA) is 64.6 Å². The Morgan fingerprint density at radius 1 is 1.31 bits per heavy atom. The Bertz CT molecular complexity index is 199. The van der Waals surface area contributed by atoms with E-state index in [1.165, 1.54) is 26.0 Å². The standard InChI is InChI=1S/C7H11NO4S/c1-11-6(9)4-3-13-5(8-4)7(10)12-2/h4-5,8H,3H2,1-2H3/t4-,5-/m0/s1. The number of nitrogens with one attached hydrogen (secondary N) is 1. The summed E-state index contributed by atoms with van der Waals surface area (Å²) in [5, 5.41) is 2.36. The first-order valence-corrected chi connectivity index (χ1v) is 4.77. The van der Waals surface area contributed by atoms with Gasteiger partial charge in [0, 0.05) is 5.75 Å². The van der Waals surface area contributed by atoms with Crippen molar-refractivity contribution in [3.05, 3.63) is 0 Å². The summed E-state index contributed by atoms with van der Waals surface area (Å²) < 4.78 is 9.05. The molecule has 13 heavy (non-hydrogen) atoms. The third-order valence-corrected chi connectivity index (χ3v) is 2.87. The minimum atomic E-state index is -0.450. The average molecular weight is 205 g/mol. The van der Waals surface area contributed by atoms with Gasteiger partial charge in [0.1, 0.15) is 6.04 Å². The lowest BCUT2D eigenvalue weighted by Gasteiger charge is -2.09. The van der Waals surface area contributed by atoms with Gasteiger partial charge in [0.05, 0.1) is 14.2 Å². The molecule has 5 nitrogen and oxygen atoms in total. The molecular formula is C7H11NO4S. The lowest BCUT2D eigenvalue weighted by atomic mass is 10.3. The van der Waals surface area contributed by atoms with Crippen molar-refractivity contribution in [1.29, 1.82) is 0 Å². The molecule has 6 heteroatoms. The lowest BCUT2D eigenvalue weighted by Crippen LogP contribution is -2.40. The van der Waals surface area contributed by atoms with Crippen LogP contribution in [0.3, 0.4) is 0 Å². The van der Waals surface area contributed by atoms with Crippen LogP contribution >= 0.6 is 11.8 Å². The maximum atomic E-state index is 11.0. The van der Waals surface area contributed by atoms with Crippen molar-refractivity contribution >= 4 is 23.7 Å². The van der Waals surface area contributed by atoms with Crippen molar-refractivity contribution in [2.75, 3.05) is 20.0 Å². The second-order valence-electron chi connectivity index (χ2n) is 2.48. The first kappa shape index (κ1) is 10.3. The monoisotopic (exact) mass is 205 g/mol. The van der Waals surface area contributed by atoms with E-state index in [0.717, 1.165) is 0 Å². The minimum Gasteiger partial charge on any atom is -0.468 e. The van der Waals surface area contributed by atoms with Gasteiger partial charge in [-0.1, -0.05) is 0 Å². The maximum Gasteiger partial charge on any atom is 0.333 e. The second kappa shape index (κ2) is 4.48. The normalized spacial score (nSPS) is 26.9. The molecule has 1 rings (SSSR count). The number of esters is 2. The van der Waals surface area contributed by atoms with E-state index >= 15 is 0 Å². The first-order chi connectivity index (χ1) is 6.19. The fourth-order valence-electron chi connectivity index (χ4n) is 0.993. The molecule has 1 fully saturated rings. The molecule has 1 N–H and O–H groups in total. The third-order valence-electron chi connectivity index (χ3n) is 1.68. The van der Waals surface area contributed by atoms with E-state index in [0.29, 0.717) is 5.75 Å². The Labute approximate surface area is 80.1 Å². The highest BCUT2D eigenvalue weighted by atomic mass is 32.2. The lowest BCUT2D eigenvalue weighted by molar-refractivity contribution is -0.143. The van der Waals surface area contributed by atoms with E-state index in [4.69, 9.17) is 0 Å². The van der Waals surface area contributed by atoms with E-state index < -0.39 is 11.4 Å². The fraction of sp³-hybridized carbons (Fsp3) is 0.714. The van der Waals surface area contributed by atoms with Crippen molar-refractivity contribution in [2.45, 2.75) is 11.4 Å². The molecule has 1 aliphatic rings. The zero-order valence-electron chi connectivity index (χ0n) is 7.40. The molecule has 0 aromatic rings. The van der Waals surface area contributed by atoms with Gasteiger partial charge in [-0.15, -0.1) is 11.8 Å². The van der Waals surface area contributed by atoms with Crippen LogP contribution in [0.5, 0.6) is 0 Å². The summed E-state index contributed by atoms with van der Waals surface area (Å²) in [6, 6.07) is -0.404. The molecule has 1 saturated heterocycles. The SMILES string of the molecule is COC(=O)[C@@H]1CS[C@@H](C(=O)OC)N1.